The zero-order valence-corrected chi connectivity index (χ0v) is 7.78. The third kappa shape index (κ3) is 1.33. The summed E-state index contributed by atoms with van der Waals surface area (Å²) in [7, 11) is 1.89. The van der Waals surface area contributed by atoms with Gasteiger partial charge in [-0.1, -0.05) is 6.58 Å². The third-order valence-electron chi connectivity index (χ3n) is 1.91. The molecule has 3 nitrogen and oxygen atoms in total. The van der Waals surface area contributed by atoms with Crippen molar-refractivity contribution in [2.45, 2.75) is 6.92 Å². The van der Waals surface area contributed by atoms with E-state index in [0.717, 1.165) is 22.3 Å². The molecule has 0 unspecified atom stereocenters. The Kier molecular flexibility index (Phi) is 1.65. The van der Waals surface area contributed by atoms with Crippen LogP contribution in [0.25, 0.3) is 16.6 Å². The van der Waals surface area contributed by atoms with Gasteiger partial charge in [-0.15, -0.1) is 0 Å². The zero-order valence-electron chi connectivity index (χ0n) is 7.78. The highest BCUT2D eigenvalue weighted by Crippen LogP contribution is 2.14. The minimum atomic E-state index is 0.919. The van der Waals surface area contributed by atoms with Gasteiger partial charge in [0.05, 0.1) is 11.9 Å². The first-order valence-electron chi connectivity index (χ1n) is 4.13. The van der Waals surface area contributed by atoms with Crippen molar-refractivity contribution < 1.29 is 0 Å². The molecule has 2 aromatic heterocycles. The molecule has 0 aromatic carbocycles. The second-order valence-electron chi connectivity index (χ2n) is 3.18. The third-order valence-corrected chi connectivity index (χ3v) is 1.91. The number of hydrogen-bond donors (Lipinski definition) is 0. The lowest BCUT2D eigenvalue weighted by Gasteiger charge is -1.96. The summed E-state index contributed by atoms with van der Waals surface area (Å²) >= 11 is 0. The highest BCUT2D eigenvalue weighted by molar-refractivity contribution is 5.76. The quantitative estimate of drug-likeness (QED) is 0.660. The van der Waals surface area contributed by atoms with E-state index in [4.69, 9.17) is 0 Å². The second-order valence-corrected chi connectivity index (χ2v) is 3.18. The van der Waals surface area contributed by atoms with Crippen molar-refractivity contribution in [1.82, 2.24) is 14.8 Å². The lowest BCUT2D eigenvalue weighted by Crippen LogP contribution is -1.84. The van der Waals surface area contributed by atoms with Crippen LogP contribution >= 0.6 is 0 Å². The maximum Gasteiger partial charge on any atom is 0.111 e. The Hall–Kier alpha value is -1.64. The van der Waals surface area contributed by atoms with Crippen molar-refractivity contribution in [2.24, 2.45) is 7.05 Å². The van der Waals surface area contributed by atoms with Gasteiger partial charge in [-0.2, -0.15) is 5.10 Å². The molecule has 0 bridgehead atoms. The molecule has 0 aliphatic carbocycles. The second kappa shape index (κ2) is 2.69. The molecular weight excluding hydrogens is 162 g/mol. The van der Waals surface area contributed by atoms with E-state index < -0.39 is 0 Å². The smallest absolute Gasteiger partial charge is 0.111 e. The van der Waals surface area contributed by atoms with Crippen LogP contribution in [-0.4, -0.2) is 14.8 Å². The van der Waals surface area contributed by atoms with Crippen molar-refractivity contribution >= 4 is 16.6 Å². The number of nitrogens with zero attached hydrogens (tertiary/aromatic N) is 3. The van der Waals surface area contributed by atoms with Crippen molar-refractivity contribution in [3.05, 3.63) is 30.6 Å². The molecule has 0 N–H and O–H groups in total. The van der Waals surface area contributed by atoms with Crippen LogP contribution in [0.3, 0.4) is 0 Å². The van der Waals surface area contributed by atoms with Gasteiger partial charge in [-0.3, -0.25) is 4.68 Å². The van der Waals surface area contributed by atoms with Crippen molar-refractivity contribution in [3.63, 3.8) is 0 Å². The first-order chi connectivity index (χ1) is 6.16. The maximum absolute atomic E-state index is 4.41. The van der Waals surface area contributed by atoms with Gasteiger partial charge in [0.25, 0.3) is 0 Å². The number of fused-ring (bicyclic) bond motifs is 1. The van der Waals surface area contributed by atoms with Crippen LogP contribution in [0.1, 0.15) is 12.6 Å². The van der Waals surface area contributed by atoms with E-state index in [1.54, 1.807) is 4.68 Å². The topological polar surface area (TPSA) is 30.7 Å². The van der Waals surface area contributed by atoms with Gasteiger partial charge in [-0.05, 0) is 24.6 Å². The molecule has 2 heterocycles. The van der Waals surface area contributed by atoms with Gasteiger partial charge in [0.2, 0.25) is 0 Å². The largest absolute Gasteiger partial charge is 0.273 e. The molecule has 0 aliphatic rings. The number of aryl methyl sites for hydroxylation is 1. The molecule has 0 saturated heterocycles. The van der Waals surface area contributed by atoms with Gasteiger partial charge in [0, 0.05) is 7.05 Å². The van der Waals surface area contributed by atoms with Crippen molar-refractivity contribution in [2.75, 3.05) is 0 Å². The molecule has 2 aromatic rings. The van der Waals surface area contributed by atoms with Crippen LogP contribution in [0.5, 0.6) is 0 Å². The summed E-state index contributed by atoms with van der Waals surface area (Å²) in [4.78, 5) is 4.41. The van der Waals surface area contributed by atoms with Crippen LogP contribution in [0.2, 0.25) is 0 Å². The molecule has 13 heavy (non-hydrogen) atoms. The number of rotatable bonds is 1. The molecule has 0 saturated carbocycles. The number of allylic oxidation sites excluding steroid dienone is 1. The lowest BCUT2D eigenvalue weighted by atomic mass is 10.2. The van der Waals surface area contributed by atoms with E-state index in [2.05, 4.69) is 16.7 Å². The Bertz CT molecular complexity index is 468. The minimum Gasteiger partial charge on any atom is -0.273 e. The predicted octanol–water partition coefficient (Wildman–Crippen LogP) is 2.00. The van der Waals surface area contributed by atoms with E-state index in [9.17, 15) is 0 Å². The average Bonchev–Trinajstić information content (AvgIpc) is 2.42. The lowest BCUT2D eigenvalue weighted by molar-refractivity contribution is 0.779. The van der Waals surface area contributed by atoms with Crippen LogP contribution in [0, 0.1) is 0 Å². The van der Waals surface area contributed by atoms with Gasteiger partial charge >= 0.3 is 0 Å². The first kappa shape index (κ1) is 7.98. The van der Waals surface area contributed by atoms with Gasteiger partial charge < -0.3 is 0 Å². The van der Waals surface area contributed by atoms with E-state index in [1.165, 1.54) is 0 Å². The molecule has 0 spiro atoms. The molecule has 0 atom stereocenters. The first-order valence-corrected chi connectivity index (χ1v) is 4.13. The Morgan fingerprint density at radius 3 is 2.85 bits per heavy atom. The molecular formula is C10H11N3. The van der Waals surface area contributed by atoms with E-state index in [1.807, 2.05) is 32.3 Å². The molecule has 0 amide bonds. The standard InChI is InChI=1S/C10H11N3/c1-7(2)8-4-5-9-10(11-8)6-13(3)12-9/h4-6H,1H2,2-3H3. The number of aromatic nitrogens is 3. The number of pyridine rings is 1. The Morgan fingerprint density at radius 1 is 1.38 bits per heavy atom. The SMILES string of the molecule is C=C(C)c1ccc2nn(C)cc2n1. The highest BCUT2D eigenvalue weighted by Gasteiger charge is 2.01. The summed E-state index contributed by atoms with van der Waals surface area (Å²) in [6.07, 6.45) is 1.90. The van der Waals surface area contributed by atoms with Crippen molar-refractivity contribution in [3.8, 4) is 0 Å². The molecule has 0 aliphatic heterocycles. The number of hydrogen-bond acceptors (Lipinski definition) is 2. The van der Waals surface area contributed by atoms with Crippen LogP contribution in [0.15, 0.2) is 24.9 Å². The fourth-order valence-corrected chi connectivity index (χ4v) is 1.26. The van der Waals surface area contributed by atoms with E-state index in [-0.39, 0.29) is 0 Å². The van der Waals surface area contributed by atoms with Gasteiger partial charge in [0.15, 0.2) is 0 Å². The molecule has 0 radical (unpaired) electrons. The van der Waals surface area contributed by atoms with E-state index >= 15 is 0 Å². The fourth-order valence-electron chi connectivity index (χ4n) is 1.26. The fraction of sp³-hybridized carbons (Fsp3) is 0.200. The van der Waals surface area contributed by atoms with Crippen LogP contribution in [-0.2, 0) is 7.05 Å². The van der Waals surface area contributed by atoms with E-state index in [0.29, 0.717) is 0 Å². The monoisotopic (exact) mass is 173 g/mol. The summed E-state index contributed by atoms with van der Waals surface area (Å²) < 4.78 is 1.76. The predicted molar refractivity (Wildman–Crippen MR) is 53.2 cm³/mol. The highest BCUT2D eigenvalue weighted by atomic mass is 15.3. The van der Waals surface area contributed by atoms with Crippen LogP contribution in [0.4, 0.5) is 0 Å². The Morgan fingerprint density at radius 2 is 2.15 bits per heavy atom. The Balaban J connectivity index is 2.67. The minimum absolute atomic E-state index is 0.919. The summed E-state index contributed by atoms with van der Waals surface area (Å²) in [5.74, 6) is 0. The molecule has 3 heteroatoms. The van der Waals surface area contributed by atoms with Crippen molar-refractivity contribution in [1.29, 1.82) is 0 Å². The summed E-state index contributed by atoms with van der Waals surface area (Å²) in [5.41, 5.74) is 3.75. The summed E-state index contributed by atoms with van der Waals surface area (Å²) in [6.45, 7) is 5.80. The normalized spacial score (nSPS) is 10.6. The summed E-state index contributed by atoms with van der Waals surface area (Å²) in [6, 6.07) is 3.91. The van der Waals surface area contributed by atoms with Crippen LogP contribution < -0.4 is 0 Å². The summed E-state index contributed by atoms with van der Waals surface area (Å²) in [5, 5.41) is 4.24. The molecule has 2 rings (SSSR count). The maximum atomic E-state index is 4.41. The van der Waals surface area contributed by atoms with Gasteiger partial charge in [0.1, 0.15) is 11.0 Å². The average molecular weight is 173 g/mol. The van der Waals surface area contributed by atoms with Gasteiger partial charge in [-0.25, -0.2) is 4.98 Å². The zero-order chi connectivity index (χ0) is 9.42. The molecule has 0 fully saturated rings. The molecule has 66 valence electrons. The Labute approximate surface area is 76.7 Å².